The standard InChI is InChI=1S/C31H40N8O2S/c1-20(2)25-6-7-28(38-17-23(21(38)3)19-42(5,40)41)27-16-33-30(14-26(25)27)35-29-8-11-32-31(36-29)22-15-34-39(18-22)24-9-12-37(4)13-10-24/h6-8,11,14-16,18,20-21,23-24H,9-10,12-13,17,19H2,1-5H3,(H,32,33,35,36)/t21-,23-/m1/s1. The Hall–Kier alpha value is -3.57. The van der Waals surface area contributed by atoms with Crippen LogP contribution in [0.15, 0.2) is 49.1 Å². The fourth-order valence-corrected chi connectivity index (χ4v) is 7.43. The van der Waals surface area contributed by atoms with Crippen molar-refractivity contribution in [3.8, 4) is 11.4 Å². The second kappa shape index (κ2) is 11.3. The molecule has 2 aliphatic rings. The molecule has 11 heteroatoms. The van der Waals surface area contributed by atoms with Gasteiger partial charge in [0.2, 0.25) is 0 Å². The van der Waals surface area contributed by atoms with Gasteiger partial charge in [0.05, 0.1) is 23.6 Å². The molecule has 0 bridgehead atoms. The molecule has 0 saturated carbocycles. The number of pyridine rings is 1. The zero-order chi connectivity index (χ0) is 29.6. The summed E-state index contributed by atoms with van der Waals surface area (Å²) in [6, 6.07) is 8.83. The van der Waals surface area contributed by atoms with Crippen LogP contribution in [0.2, 0.25) is 0 Å². The first-order valence-electron chi connectivity index (χ1n) is 14.8. The van der Waals surface area contributed by atoms with E-state index in [1.54, 1.807) is 6.20 Å². The predicted molar refractivity (Wildman–Crippen MR) is 168 cm³/mol. The fraction of sp³-hybridized carbons (Fsp3) is 0.484. The van der Waals surface area contributed by atoms with E-state index >= 15 is 0 Å². The van der Waals surface area contributed by atoms with Gasteiger partial charge >= 0.3 is 0 Å². The number of piperidine rings is 1. The van der Waals surface area contributed by atoms with Gasteiger partial charge in [-0.25, -0.2) is 23.4 Å². The zero-order valence-corrected chi connectivity index (χ0v) is 25.8. The minimum Gasteiger partial charge on any atom is -0.368 e. The van der Waals surface area contributed by atoms with E-state index in [-0.39, 0.29) is 17.7 Å². The first-order chi connectivity index (χ1) is 20.1. The molecule has 2 aliphatic heterocycles. The topological polar surface area (TPSA) is 109 Å². The fourth-order valence-electron chi connectivity index (χ4n) is 6.27. The molecule has 1 N–H and O–H groups in total. The highest BCUT2D eigenvalue weighted by Crippen LogP contribution is 2.39. The molecule has 1 aromatic carbocycles. The van der Waals surface area contributed by atoms with Gasteiger partial charge in [-0.05, 0) is 75.0 Å². The van der Waals surface area contributed by atoms with Crippen LogP contribution in [-0.2, 0) is 9.84 Å². The number of sulfone groups is 1. The summed E-state index contributed by atoms with van der Waals surface area (Å²) in [4.78, 5) is 18.7. The number of hydrogen-bond acceptors (Lipinski definition) is 9. The smallest absolute Gasteiger partial charge is 0.164 e. The van der Waals surface area contributed by atoms with Crippen molar-refractivity contribution in [3.05, 3.63) is 54.6 Å². The SMILES string of the molecule is CC(C)c1ccc(N2C[C@H](CS(C)(=O)=O)[C@H]2C)c2cnc(Nc3ccnc(-c4cnn(C5CCN(C)CC5)c4)n3)cc12. The summed E-state index contributed by atoms with van der Waals surface area (Å²) in [6.45, 7) is 9.37. The highest BCUT2D eigenvalue weighted by molar-refractivity contribution is 7.90. The molecular formula is C31H40N8O2S. The average Bonchev–Trinajstić information content (AvgIpc) is 3.45. The van der Waals surface area contributed by atoms with Gasteiger partial charge in [0.15, 0.2) is 5.82 Å². The lowest BCUT2D eigenvalue weighted by atomic mass is 9.88. The number of nitrogens with zero attached hydrogens (tertiary/aromatic N) is 7. The first kappa shape index (κ1) is 28.5. The Morgan fingerprint density at radius 3 is 2.55 bits per heavy atom. The molecule has 42 heavy (non-hydrogen) atoms. The van der Waals surface area contributed by atoms with Crippen LogP contribution in [0.3, 0.4) is 0 Å². The summed E-state index contributed by atoms with van der Waals surface area (Å²) in [5, 5.41) is 10.2. The molecule has 2 saturated heterocycles. The molecule has 3 aromatic heterocycles. The van der Waals surface area contributed by atoms with Gasteiger partial charge in [0.25, 0.3) is 0 Å². The van der Waals surface area contributed by atoms with Crippen LogP contribution in [-0.4, -0.2) is 82.8 Å². The summed E-state index contributed by atoms with van der Waals surface area (Å²) >= 11 is 0. The molecule has 0 radical (unpaired) electrons. The van der Waals surface area contributed by atoms with E-state index in [4.69, 9.17) is 9.97 Å². The second-order valence-electron chi connectivity index (χ2n) is 12.3. The Balaban J connectivity index is 1.24. The van der Waals surface area contributed by atoms with Crippen molar-refractivity contribution in [2.24, 2.45) is 5.92 Å². The molecule has 0 aliphatic carbocycles. The molecule has 10 nitrogen and oxygen atoms in total. The number of aromatic nitrogens is 5. The Morgan fingerprint density at radius 2 is 1.83 bits per heavy atom. The van der Waals surface area contributed by atoms with Gasteiger partial charge in [0.1, 0.15) is 21.5 Å². The molecule has 5 heterocycles. The largest absolute Gasteiger partial charge is 0.368 e. The summed E-state index contributed by atoms with van der Waals surface area (Å²) in [5.41, 5.74) is 3.23. The normalized spacial score (nSPS) is 20.3. The first-order valence-corrected chi connectivity index (χ1v) is 16.8. The molecule has 0 spiro atoms. The summed E-state index contributed by atoms with van der Waals surface area (Å²) in [6.07, 6.45) is 11.1. The van der Waals surface area contributed by atoms with Crippen molar-refractivity contribution in [1.29, 1.82) is 0 Å². The second-order valence-corrected chi connectivity index (χ2v) is 14.5. The van der Waals surface area contributed by atoms with Crippen LogP contribution in [0, 0.1) is 5.92 Å². The number of hydrogen-bond donors (Lipinski definition) is 1. The van der Waals surface area contributed by atoms with Gasteiger partial charge < -0.3 is 15.1 Å². The number of benzene rings is 1. The molecule has 0 amide bonds. The third-order valence-corrected chi connectivity index (χ3v) is 9.83. The predicted octanol–water partition coefficient (Wildman–Crippen LogP) is 4.89. The Labute approximate surface area is 248 Å². The van der Waals surface area contributed by atoms with E-state index in [0.717, 1.165) is 54.5 Å². The van der Waals surface area contributed by atoms with Crippen LogP contribution >= 0.6 is 0 Å². The Morgan fingerprint density at radius 1 is 1.05 bits per heavy atom. The molecule has 2 atom stereocenters. The average molecular weight is 589 g/mol. The Kier molecular flexibility index (Phi) is 7.65. The summed E-state index contributed by atoms with van der Waals surface area (Å²) in [5.74, 6) is 2.69. The lowest BCUT2D eigenvalue weighted by Crippen LogP contribution is -2.57. The third-order valence-electron chi connectivity index (χ3n) is 8.80. The maximum absolute atomic E-state index is 11.9. The molecule has 2 fully saturated rings. The summed E-state index contributed by atoms with van der Waals surface area (Å²) < 4.78 is 25.8. The van der Waals surface area contributed by atoms with Gasteiger partial charge in [0, 0.05) is 54.4 Å². The minimum atomic E-state index is -3.01. The van der Waals surface area contributed by atoms with Gasteiger partial charge in [-0.3, -0.25) is 4.68 Å². The lowest BCUT2D eigenvalue weighted by molar-refractivity contribution is 0.212. The highest BCUT2D eigenvalue weighted by atomic mass is 32.2. The van der Waals surface area contributed by atoms with Gasteiger partial charge in [-0.1, -0.05) is 19.9 Å². The van der Waals surface area contributed by atoms with Crippen LogP contribution in [0.25, 0.3) is 22.2 Å². The lowest BCUT2D eigenvalue weighted by Gasteiger charge is -2.48. The number of likely N-dealkylation sites (tertiary alicyclic amines) is 1. The Bertz CT molecular complexity index is 1690. The van der Waals surface area contributed by atoms with E-state index < -0.39 is 9.84 Å². The summed E-state index contributed by atoms with van der Waals surface area (Å²) in [7, 11) is -0.847. The van der Waals surface area contributed by atoms with Crippen molar-refractivity contribution in [1.82, 2.24) is 29.6 Å². The van der Waals surface area contributed by atoms with Crippen molar-refractivity contribution >= 4 is 37.9 Å². The van der Waals surface area contributed by atoms with E-state index in [9.17, 15) is 8.42 Å². The monoisotopic (exact) mass is 588 g/mol. The maximum Gasteiger partial charge on any atom is 0.164 e. The molecule has 222 valence electrons. The van der Waals surface area contributed by atoms with Crippen molar-refractivity contribution < 1.29 is 8.42 Å². The van der Waals surface area contributed by atoms with Crippen LogP contribution in [0.4, 0.5) is 17.3 Å². The number of rotatable bonds is 8. The number of nitrogens with one attached hydrogen (secondary N) is 1. The van der Waals surface area contributed by atoms with Gasteiger partial charge in [-0.2, -0.15) is 5.10 Å². The highest BCUT2D eigenvalue weighted by Gasteiger charge is 2.38. The quantitative estimate of drug-likeness (QED) is 0.308. The van der Waals surface area contributed by atoms with E-state index in [1.807, 2.05) is 18.5 Å². The van der Waals surface area contributed by atoms with Crippen LogP contribution in [0.1, 0.15) is 51.1 Å². The van der Waals surface area contributed by atoms with Crippen molar-refractivity contribution in [3.63, 3.8) is 0 Å². The van der Waals surface area contributed by atoms with Gasteiger partial charge in [-0.15, -0.1) is 0 Å². The van der Waals surface area contributed by atoms with Crippen LogP contribution < -0.4 is 10.2 Å². The number of anilines is 3. The molecule has 6 rings (SSSR count). The molecule has 0 unspecified atom stereocenters. The van der Waals surface area contributed by atoms with E-state index in [0.29, 0.717) is 29.4 Å². The maximum atomic E-state index is 11.9. The van der Waals surface area contributed by atoms with Crippen LogP contribution in [0.5, 0.6) is 0 Å². The van der Waals surface area contributed by atoms with Crippen molar-refractivity contribution in [2.75, 3.05) is 48.9 Å². The minimum absolute atomic E-state index is 0.136. The number of fused-ring (bicyclic) bond motifs is 1. The molecule has 4 aromatic rings. The molecular weight excluding hydrogens is 548 g/mol. The zero-order valence-electron chi connectivity index (χ0n) is 25.0. The van der Waals surface area contributed by atoms with E-state index in [2.05, 4.69) is 82.1 Å². The third kappa shape index (κ3) is 5.85. The van der Waals surface area contributed by atoms with Crippen molar-refractivity contribution in [2.45, 2.75) is 51.6 Å². The van der Waals surface area contributed by atoms with E-state index in [1.165, 1.54) is 11.8 Å².